The van der Waals surface area contributed by atoms with Gasteiger partial charge in [0.05, 0.1) is 6.04 Å². The van der Waals surface area contributed by atoms with Crippen LogP contribution in [0, 0.1) is 6.92 Å². The largest absolute Gasteiger partial charge is 0.508 e. The maximum Gasteiger partial charge on any atom is 0.159 e. The predicted molar refractivity (Wildman–Crippen MR) is 115 cm³/mol. The number of benzene rings is 3. The average molecular weight is 369 g/mol. The van der Waals surface area contributed by atoms with E-state index >= 15 is 0 Å². The molecule has 0 aliphatic carbocycles. The molecule has 28 heavy (non-hydrogen) atoms. The Bertz CT molecular complexity index is 1130. The second-order valence-corrected chi connectivity index (χ2v) is 7.11. The molecule has 4 aromatic rings. The zero-order valence-corrected chi connectivity index (χ0v) is 16.3. The lowest BCUT2D eigenvalue weighted by Crippen LogP contribution is -2.23. The number of aromatic nitrogens is 2. The Balaban J connectivity index is 1.84. The molecule has 1 atom stereocenters. The molecule has 140 valence electrons. The number of hydrogen-bond donors (Lipinski definition) is 1. The van der Waals surface area contributed by atoms with Gasteiger partial charge >= 0.3 is 0 Å². The van der Waals surface area contributed by atoms with E-state index in [1.807, 2.05) is 31.2 Å². The van der Waals surface area contributed by atoms with E-state index in [1.165, 1.54) is 5.56 Å². The Morgan fingerprint density at radius 3 is 2.25 bits per heavy atom. The minimum absolute atomic E-state index is 0.167. The number of hydrogen-bond acceptors (Lipinski definition) is 4. The van der Waals surface area contributed by atoms with E-state index in [0.29, 0.717) is 0 Å². The van der Waals surface area contributed by atoms with Gasteiger partial charge < -0.3 is 10.0 Å². The Morgan fingerprint density at radius 1 is 0.857 bits per heavy atom. The maximum atomic E-state index is 9.74. The van der Waals surface area contributed by atoms with E-state index in [0.717, 1.165) is 33.4 Å². The van der Waals surface area contributed by atoms with Crippen LogP contribution in [0.4, 0.5) is 5.82 Å². The number of rotatable bonds is 4. The summed E-state index contributed by atoms with van der Waals surface area (Å²) in [6, 6.07) is 24.1. The lowest BCUT2D eigenvalue weighted by atomic mass is 10.00. The fraction of sp³-hybridized carbons (Fsp3) is 0.167. The van der Waals surface area contributed by atoms with Crippen molar-refractivity contribution in [3.05, 3.63) is 83.9 Å². The summed E-state index contributed by atoms with van der Waals surface area (Å²) in [5.41, 5.74) is 4.01. The molecule has 4 rings (SSSR count). The van der Waals surface area contributed by atoms with Gasteiger partial charge in [-0.1, -0.05) is 54.6 Å². The Morgan fingerprint density at radius 2 is 1.54 bits per heavy atom. The Hall–Kier alpha value is -3.40. The molecule has 0 radical (unpaired) electrons. The first-order valence-corrected chi connectivity index (χ1v) is 9.39. The molecule has 0 fully saturated rings. The van der Waals surface area contributed by atoms with Crippen molar-refractivity contribution in [3.8, 4) is 17.0 Å². The van der Waals surface area contributed by atoms with Crippen LogP contribution < -0.4 is 4.90 Å². The first kappa shape index (κ1) is 18.0. The molecule has 4 heteroatoms. The number of phenols is 1. The van der Waals surface area contributed by atoms with Gasteiger partial charge in [-0.2, -0.15) is 0 Å². The Kier molecular flexibility index (Phi) is 4.70. The molecule has 0 aliphatic rings. The van der Waals surface area contributed by atoms with Crippen molar-refractivity contribution in [1.82, 2.24) is 10.2 Å². The van der Waals surface area contributed by atoms with Crippen molar-refractivity contribution in [2.75, 3.05) is 11.9 Å². The van der Waals surface area contributed by atoms with Gasteiger partial charge in [0.2, 0.25) is 0 Å². The first-order valence-electron chi connectivity index (χ1n) is 9.39. The normalized spacial score (nSPS) is 12.1. The molecule has 1 N–H and O–H groups in total. The van der Waals surface area contributed by atoms with Crippen LogP contribution in [0.5, 0.6) is 5.75 Å². The average Bonchev–Trinajstić information content (AvgIpc) is 2.73. The summed E-state index contributed by atoms with van der Waals surface area (Å²) in [6.45, 7) is 4.15. The molecule has 0 spiro atoms. The molecule has 4 nitrogen and oxygen atoms in total. The predicted octanol–water partition coefficient (Wildman–Crippen LogP) is 5.51. The lowest BCUT2D eigenvalue weighted by Gasteiger charge is -2.27. The highest BCUT2D eigenvalue weighted by Crippen LogP contribution is 2.35. The molecule has 1 heterocycles. The van der Waals surface area contributed by atoms with Gasteiger partial charge in [0, 0.05) is 23.4 Å². The van der Waals surface area contributed by atoms with Crippen LogP contribution in [-0.4, -0.2) is 22.4 Å². The number of phenolic OH excluding ortho intramolecular Hbond substituents is 1. The molecule has 1 aromatic heterocycles. The molecule has 0 bridgehead atoms. The third kappa shape index (κ3) is 3.18. The number of aromatic hydroxyl groups is 1. The van der Waals surface area contributed by atoms with Crippen LogP contribution in [0.15, 0.2) is 72.8 Å². The highest BCUT2D eigenvalue weighted by atomic mass is 16.3. The molecule has 0 unspecified atom stereocenters. The van der Waals surface area contributed by atoms with Crippen molar-refractivity contribution in [1.29, 1.82) is 0 Å². The minimum atomic E-state index is 0.167. The highest BCUT2D eigenvalue weighted by Gasteiger charge is 2.19. The van der Waals surface area contributed by atoms with Crippen LogP contribution in [-0.2, 0) is 0 Å². The van der Waals surface area contributed by atoms with Gasteiger partial charge in [0.25, 0.3) is 0 Å². The zero-order valence-electron chi connectivity index (χ0n) is 16.3. The molecule has 0 amide bonds. The van der Waals surface area contributed by atoms with Crippen molar-refractivity contribution in [3.63, 3.8) is 0 Å². The van der Waals surface area contributed by atoms with E-state index in [-0.39, 0.29) is 11.8 Å². The van der Waals surface area contributed by atoms with E-state index < -0.39 is 0 Å². The summed E-state index contributed by atoms with van der Waals surface area (Å²) in [5.74, 6) is 1.11. The molecule has 3 aromatic carbocycles. The number of nitrogens with zero attached hydrogens (tertiary/aromatic N) is 3. The van der Waals surface area contributed by atoms with Crippen molar-refractivity contribution < 1.29 is 5.11 Å². The third-order valence-corrected chi connectivity index (χ3v) is 5.33. The summed E-state index contributed by atoms with van der Waals surface area (Å²) < 4.78 is 0. The quantitative estimate of drug-likeness (QED) is 0.515. The number of fused-ring (bicyclic) bond motifs is 1. The summed E-state index contributed by atoms with van der Waals surface area (Å²) in [7, 11) is 2.06. The van der Waals surface area contributed by atoms with Crippen LogP contribution in [0.1, 0.15) is 24.1 Å². The van der Waals surface area contributed by atoms with Crippen molar-refractivity contribution in [2.45, 2.75) is 19.9 Å². The van der Waals surface area contributed by atoms with Crippen LogP contribution >= 0.6 is 0 Å². The summed E-state index contributed by atoms with van der Waals surface area (Å²) >= 11 is 0. The maximum absolute atomic E-state index is 9.74. The van der Waals surface area contributed by atoms with E-state index in [9.17, 15) is 5.11 Å². The van der Waals surface area contributed by atoms with Gasteiger partial charge in [-0.25, -0.2) is 0 Å². The topological polar surface area (TPSA) is 49.3 Å². The van der Waals surface area contributed by atoms with Gasteiger partial charge in [-0.05, 0) is 43.2 Å². The summed E-state index contributed by atoms with van der Waals surface area (Å²) in [6.07, 6.45) is 0. The summed E-state index contributed by atoms with van der Waals surface area (Å²) in [5, 5.41) is 21.0. The standard InChI is InChI=1S/C24H23N3O/c1-16-15-19(28)13-14-20(16)23-21-11-7-8-12-22(21)24(26-25-23)27(3)17(2)18-9-5-4-6-10-18/h4-15,17,28H,1-3H3/t17-/m1/s1. The monoisotopic (exact) mass is 369 g/mol. The minimum Gasteiger partial charge on any atom is -0.508 e. The third-order valence-electron chi connectivity index (χ3n) is 5.33. The van der Waals surface area contributed by atoms with Gasteiger partial charge in [0.1, 0.15) is 11.4 Å². The van der Waals surface area contributed by atoms with Crippen LogP contribution in [0.2, 0.25) is 0 Å². The second kappa shape index (κ2) is 7.31. The second-order valence-electron chi connectivity index (χ2n) is 7.11. The Labute approximate surface area is 165 Å². The molecular formula is C24H23N3O. The van der Waals surface area contributed by atoms with E-state index in [2.05, 4.69) is 65.5 Å². The molecule has 0 saturated carbocycles. The van der Waals surface area contributed by atoms with Crippen molar-refractivity contribution in [2.24, 2.45) is 0 Å². The van der Waals surface area contributed by atoms with Crippen molar-refractivity contribution >= 4 is 16.6 Å². The highest BCUT2D eigenvalue weighted by molar-refractivity contribution is 6.00. The number of aryl methyl sites for hydroxylation is 1. The zero-order chi connectivity index (χ0) is 19.7. The SMILES string of the molecule is Cc1cc(O)ccc1-c1nnc(N(C)[C@H](C)c2ccccc2)c2ccccc12. The fourth-order valence-corrected chi connectivity index (χ4v) is 3.60. The summed E-state index contributed by atoms with van der Waals surface area (Å²) in [4.78, 5) is 2.16. The van der Waals surface area contributed by atoms with Gasteiger partial charge in [-0.3, -0.25) is 0 Å². The molecule has 0 aliphatic heterocycles. The fourth-order valence-electron chi connectivity index (χ4n) is 3.60. The molecular weight excluding hydrogens is 346 g/mol. The van der Waals surface area contributed by atoms with Gasteiger partial charge in [0.15, 0.2) is 5.82 Å². The van der Waals surface area contributed by atoms with E-state index in [1.54, 1.807) is 12.1 Å². The lowest BCUT2D eigenvalue weighted by molar-refractivity contribution is 0.475. The molecule has 0 saturated heterocycles. The van der Waals surface area contributed by atoms with E-state index in [4.69, 9.17) is 0 Å². The van der Waals surface area contributed by atoms with Crippen LogP contribution in [0.25, 0.3) is 22.0 Å². The van der Waals surface area contributed by atoms with Gasteiger partial charge in [-0.15, -0.1) is 10.2 Å². The number of anilines is 1. The van der Waals surface area contributed by atoms with Crippen LogP contribution in [0.3, 0.4) is 0 Å². The first-order chi connectivity index (χ1) is 13.6. The smallest absolute Gasteiger partial charge is 0.159 e.